The van der Waals surface area contributed by atoms with Crippen molar-refractivity contribution in [3.8, 4) is 0 Å². The highest BCUT2D eigenvalue weighted by molar-refractivity contribution is 9.10. The van der Waals surface area contributed by atoms with Crippen molar-refractivity contribution in [1.29, 1.82) is 0 Å². The van der Waals surface area contributed by atoms with Crippen LogP contribution in [0.1, 0.15) is 11.1 Å². The third-order valence-electron chi connectivity index (χ3n) is 2.53. The lowest BCUT2D eigenvalue weighted by Crippen LogP contribution is -2.24. The van der Waals surface area contributed by atoms with Crippen molar-refractivity contribution in [1.82, 2.24) is 10.3 Å². The number of benzene rings is 1. The van der Waals surface area contributed by atoms with E-state index in [1.807, 2.05) is 30.3 Å². The number of alkyl carbamates (subject to hydrolysis) is 1. The van der Waals surface area contributed by atoms with Gasteiger partial charge in [0.05, 0.1) is 0 Å². The van der Waals surface area contributed by atoms with Crippen LogP contribution in [0.25, 0.3) is 0 Å². The molecule has 1 heterocycles. The van der Waals surface area contributed by atoms with E-state index in [0.717, 1.165) is 5.56 Å². The molecule has 4 nitrogen and oxygen atoms in total. The van der Waals surface area contributed by atoms with E-state index < -0.39 is 12.0 Å². The average molecular weight is 339 g/mol. The van der Waals surface area contributed by atoms with Crippen molar-refractivity contribution in [2.45, 2.75) is 13.2 Å². The zero-order valence-corrected chi connectivity index (χ0v) is 12.1. The second-order valence-corrected chi connectivity index (χ2v) is 4.75. The summed E-state index contributed by atoms with van der Waals surface area (Å²) >= 11 is 3.13. The Bertz CT molecular complexity index is 593. The summed E-state index contributed by atoms with van der Waals surface area (Å²) in [6.45, 7) is 0.414. The summed E-state index contributed by atoms with van der Waals surface area (Å²) in [5.74, 6) is -0.577. The lowest BCUT2D eigenvalue weighted by Gasteiger charge is -2.08. The fourth-order valence-corrected chi connectivity index (χ4v) is 1.96. The third-order valence-corrected chi connectivity index (χ3v) is 3.21. The molecule has 0 unspecified atom stereocenters. The number of halogens is 2. The summed E-state index contributed by atoms with van der Waals surface area (Å²) in [6.07, 6.45) is -0.537. The molecule has 0 spiro atoms. The van der Waals surface area contributed by atoms with E-state index in [0.29, 0.717) is 10.2 Å². The Balaban J connectivity index is 1.80. The minimum Gasteiger partial charge on any atom is -0.445 e. The summed E-state index contributed by atoms with van der Waals surface area (Å²) in [6, 6.07) is 12.2. The number of hydrogen-bond acceptors (Lipinski definition) is 3. The number of carbonyl (C=O) groups is 1. The smallest absolute Gasteiger partial charge is 0.407 e. The SMILES string of the molecule is O=C(NCc1ccc(F)nc1Br)OCc1ccccc1. The molecule has 2 rings (SSSR count). The maximum atomic E-state index is 12.8. The standard InChI is InChI=1S/C14H12BrFN2O2/c15-13-11(6-7-12(16)18-13)8-17-14(19)20-9-10-4-2-1-3-5-10/h1-7H,8-9H2,(H,17,19). The van der Waals surface area contributed by atoms with Crippen molar-refractivity contribution in [2.75, 3.05) is 0 Å². The van der Waals surface area contributed by atoms with Gasteiger partial charge in [0, 0.05) is 12.1 Å². The van der Waals surface area contributed by atoms with E-state index >= 15 is 0 Å². The van der Waals surface area contributed by atoms with E-state index in [-0.39, 0.29) is 13.2 Å². The lowest BCUT2D eigenvalue weighted by atomic mass is 10.2. The van der Waals surface area contributed by atoms with Crippen LogP contribution in [-0.2, 0) is 17.9 Å². The number of rotatable bonds is 4. The Kier molecular flexibility index (Phi) is 5.06. The van der Waals surface area contributed by atoms with Gasteiger partial charge in [-0.3, -0.25) is 0 Å². The molecule has 1 aromatic heterocycles. The highest BCUT2D eigenvalue weighted by atomic mass is 79.9. The van der Waals surface area contributed by atoms with Crippen molar-refractivity contribution in [3.63, 3.8) is 0 Å². The predicted octanol–water partition coefficient (Wildman–Crippen LogP) is 3.41. The van der Waals surface area contributed by atoms with Gasteiger partial charge in [0.15, 0.2) is 0 Å². The minimum absolute atomic E-state index is 0.204. The van der Waals surface area contributed by atoms with Crippen LogP contribution in [0, 0.1) is 5.95 Å². The molecule has 0 fully saturated rings. The van der Waals surface area contributed by atoms with Crippen LogP contribution in [0.2, 0.25) is 0 Å². The van der Waals surface area contributed by atoms with Crippen LogP contribution in [-0.4, -0.2) is 11.1 Å². The molecule has 104 valence electrons. The molecule has 0 aliphatic rings. The van der Waals surface area contributed by atoms with Gasteiger partial charge in [-0.25, -0.2) is 9.78 Å². The molecule has 0 aliphatic carbocycles. The minimum atomic E-state index is -0.577. The zero-order chi connectivity index (χ0) is 14.4. The summed E-state index contributed by atoms with van der Waals surface area (Å²) in [4.78, 5) is 15.1. The molecule has 20 heavy (non-hydrogen) atoms. The third kappa shape index (κ3) is 4.31. The lowest BCUT2D eigenvalue weighted by molar-refractivity contribution is 0.139. The number of nitrogens with zero attached hydrogens (tertiary/aromatic N) is 1. The van der Waals surface area contributed by atoms with Crippen LogP contribution in [0.5, 0.6) is 0 Å². The van der Waals surface area contributed by atoms with Gasteiger partial charge in [0.2, 0.25) is 5.95 Å². The molecule has 0 radical (unpaired) electrons. The Labute approximate surface area is 124 Å². The number of aromatic nitrogens is 1. The first-order chi connectivity index (χ1) is 9.65. The summed E-state index contributed by atoms with van der Waals surface area (Å²) in [5.41, 5.74) is 1.58. The van der Waals surface area contributed by atoms with Gasteiger partial charge in [0.25, 0.3) is 0 Å². The molecular weight excluding hydrogens is 327 g/mol. The molecule has 0 atom stereocenters. The quantitative estimate of drug-likeness (QED) is 0.869. The van der Waals surface area contributed by atoms with Crippen molar-refractivity contribution < 1.29 is 13.9 Å². The van der Waals surface area contributed by atoms with Crippen LogP contribution in [0.15, 0.2) is 47.1 Å². The van der Waals surface area contributed by atoms with E-state index in [9.17, 15) is 9.18 Å². The van der Waals surface area contributed by atoms with E-state index in [1.54, 1.807) is 6.07 Å². The molecular formula is C14H12BrFN2O2. The topological polar surface area (TPSA) is 51.2 Å². The molecule has 6 heteroatoms. The zero-order valence-electron chi connectivity index (χ0n) is 10.5. The first-order valence-corrected chi connectivity index (χ1v) is 6.70. The highest BCUT2D eigenvalue weighted by Gasteiger charge is 2.06. The molecule has 0 bridgehead atoms. The van der Waals surface area contributed by atoms with Crippen molar-refractivity contribution >= 4 is 22.0 Å². The number of ether oxygens (including phenoxy) is 1. The summed E-state index contributed by atoms with van der Waals surface area (Å²) < 4.78 is 18.2. The van der Waals surface area contributed by atoms with E-state index in [4.69, 9.17) is 4.74 Å². The van der Waals surface area contributed by atoms with E-state index in [1.165, 1.54) is 6.07 Å². The predicted molar refractivity (Wildman–Crippen MR) is 75.4 cm³/mol. The Morgan fingerprint density at radius 3 is 2.70 bits per heavy atom. The molecule has 0 saturated carbocycles. The summed E-state index contributed by atoms with van der Waals surface area (Å²) in [7, 11) is 0. The number of hydrogen-bond donors (Lipinski definition) is 1. The van der Waals surface area contributed by atoms with Crippen LogP contribution in [0.3, 0.4) is 0 Å². The van der Waals surface area contributed by atoms with Gasteiger partial charge in [-0.15, -0.1) is 0 Å². The normalized spacial score (nSPS) is 10.1. The van der Waals surface area contributed by atoms with Gasteiger partial charge in [-0.1, -0.05) is 36.4 Å². The second kappa shape index (κ2) is 7.00. The Morgan fingerprint density at radius 1 is 1.25 bits per heavy atom. The second-order valence-electron chi connectivity index (χ2n) is 4.00. The Hall–Kier alpha value is -1.95. The van der Waals surface area contributed by atoms with Crippen LogP contribution < -0.4 is 5.32 Å². The summed E-state index contributed by atoms with van der Waals surface area (Å²) in [5, 5.41) is 2.58. The first kappa shape index (κ1) is 14.5. The fourth-order valence-electron chi connectivity index (χ4n) is 1.51. The van der Waals surface area contributed by atoms with Crippen LogP contribution >= 0.6 is 15.9 Å². The molecule has 2 aromatic rings. The molecule has 0 aliphatic heterocycles. The van der Waals surface area contributed by atoms with Gasteiger partial charge in [-0.2, -0.15) is 4.39 Å². The molecule has 1 amide bonds. The van der Waals surface area contributed by atoms with Crippen molar-refractivity contribution in [3.05, 3.63) is 64.1 Å². The van der Waals surface area contributed by atoms with Gasteiger partial charge in [0.1, 0.15) is 11.2 Å². The largest absolute Gasteiger partial charge is 0.445 e. The van der Waals surface area contributed by atoms with E-state index in [2.05, 4.69) is 26.2 Å². The number of carbonyl (C=O) groups excluding carboxylic acids is 1. The maximum absolute atomic E-state index is 12.8. The molecule has 1 N–H and O–H groups in total. The van der Waals surface area contributed by atoms with Gasteiger partial charge in [-0.05, 0) is 27.6 Å². The number of amides is 1. The Morgan fingerprint density at radius 2 is 2.00 bits per heavy atom. The first-order valence-electron chi connectivity index (χ1n) is 5.90. The molecule has 0 saturated heterocycles. The maximum Gasteiger partial charge on any atom is 0.407 e. The number of nitrogens with one attached hydrogen (secondary N) is 1. The number of pyridine rings is 1. The van der Waals surface area contributed by atoms with Crippen molar-refractivity contribution in [2.24, 2.45) is 0 Å². The molecule has 1 aromatic carbocycles. The van der Waals surface area contributed by atoms with Crippen LogP contribution in [0.4, 0.5) is 9.18 Å². The van der Waals surface area contributed by atoms with Gasteiger partial charge >= 0.3 is 6.09 Å². The monoisotopic (exact) mass is 338 g/mol. The average Bonchev–Trinajstić information content (AvgIpc) is 2.45. The highest BCUT2D eigenvalue weighted by Crippen LogP contribution is 2.13. The van der Waals surface area contributed by atoms with Gasteiger partial charge < -0.3 is 10.1 Å². The fraction of sp³-hybridized carbons (Fsp3) is 0.143.